The number of nitrogens with zero attached hydrogens (tertiary/aromatic N) is 1. The fourth-order valence-corrected chi connectivity index (χ4v) is 2.39. The number of carbonyl (C=O) groups is 1. The third-order valence-corrected chi connectivity index (χ3v) is 3.45. The van der Waals surface area contributed by atoms with Crippen LogP contribution in [-0.2, 0) is 0 Å². The summed E-state index contributed by atoms with van der Waals surface area (Å²) in [4.78, 5) is 10.9. The van der Waals surface area contributed by atoms with Gasteiger partial charge >= 0.3 is 6.03 Å². The molecular weight excluding hydrogens is 276 g/mol. The van der Waals surface area contributed by atoms with Crippen LogP contribution in [0.2, 0.25) is 0 Å². The Kier molecular flexibility index (Phi) is 3.62. The van der Waals surface area contributed by atoms with Gasteiger partial charge in [0.25, 0.3) is 0 Å². The minimum absolute atomic E-state index is 0.573. The molecular formula is C17H16N4O. The fraction of sp³-hybridized carbons (Fsp3) is 0.0588. The number of nitrogens with one attached hydrogen (secondary N) is 2. The number of hydrogen-bond acceptors (Lipinski definition) is 3. The van der Waals surface area contributed by atoms with Crippen LogP contribution in [0.3, 0.4) is 0 Å². The molecule has 1 aliphatic heterocycles. The molecule has 0 fully saturated rings. The summed E-state index contributed by atoms with van der Waals surface area (Å²) < 4.78 is 0. The van der Waals surface area contributed by atoms with E-state index in [0.29, 0.717) is 5.69 Å². The minimum Gasteiger partial charge on any atom is -0.351 e. The predicted octanol–water partition coefficient (Wildman–Crippen LogP) is 3.33. The van der Waals surface area contributed by atoms with Crippen LogP contribution < -0.4 is 16.5 Å². The van der Waals surface area contributed by atoms with Crippen molar-refractivity contribution in [2.45, 2.75) is 6.92 Å². The molecule has 5 heteroatoms. The molecule has 0 bridgehead atoms. The van der Waals surface area contributed by atoms with E-state index < -0.39 is 6.03 Å². The SMILES string of the molecule is Cc1cc(NC(N)=O)ccc1C1=NNc2ccccc2C=C1. The van der Waals surface area contributed by atoms with Crippen molar-refractivity contribution in [3.05, 3.63) is 65.2 Å². The van der Waals surface area contributed by atoms with Crippen LogP contribution in [0.5, 0.6) is 0 Å². The van der Waals surface area contributed by atoms with Crippen LogP contribution in [0.4, 0.5) is 16.2 Å². The third-order valence-electron chi connectivity index (χ3n) is 3.45. The molecule has 0 aromatic heterocycles. The predicted molar refractivity (Wildman–Crippen MR) is 90.0 cm³/mol. The van der Waals surface area contributed by atoms with Gasteiger partial charge in [0.2, 0.25) is 0 Å². The molecule has 4 N–H and O–H groups in total. The highest BCUT2D eigenvalue weighted by Crippen LogP contribution is 2.22. The van der Waals surface area contributed by atoms with E-state index in [4.69, 9.17) is 5.73 Å². The largest absolute Gasteiger partial charge is 0.351 e. The number of para-hydroxylation sites is 1. The van der Waals surface area contributed by atoms with Crippen molar-refractivity contribution < 1.29 is 4.79 Å². The highest BCUT2D eigenvalue weighted by atomic mass is 16.2. The van der Waals surface area contributed by atoms with Gasteiger partial charge in [-0.2, -0.15) is 5.10 Å². The molecule has 0 saturated heterocycles. The number of carbonyl (C=O) groups excluding carboxylic acids is 1. The van der Waals surface area contributed by atoms with Gasteiger partial charge in [-0.3, -0.25) is 5.43 Å². The number of rotatable bonds is 2. The van der Waals surface area contributed by atoms with Gasteiger partial charge in [-0.05, 0) is 42.3 Å². The summed E-state index contributed by atoms with van der Waals surface area (Å²) in [5.41, 5.74) is 13.8. The third kappa shape index (κ3) is 2.83. The van der Waals surface area contributed by atoms with E-state index >= 15 is 0 Å². The topological polar surface area (TPSA) is 79.5 Å². The van der Waals surface area contributed by atoms with E-state index in [1.807, 2.05) is 61.5 Å². The number of primary amides is 1. The maximum Gasteiger partial charge on any atom is 0.316 e. The number of anilines is 2. The normalized spacial score (nSPS) is 12.7. The molecule has 110 valence electrons. The van der Waals surface area contributed by atoms with Gasteiger partial charge in [-0.1, -0.05) is 30.3 Å². The Labute approximate surface area is 128 Å². The first-order valence-electron chi connectivity index (χ1n) is 6.92. The lowest BCUT2D eigenvalue weighted by atomic mass is 10.0. The quantitative estimate of drug-likeness (QED) is 0.793. The van der Waals surface area contributed by atoms with Crippen molar-refractivity contribution in [3.8, 4) is 0 Å². The molecule has 0 spiro atoms. The number of fused-ring (bicyclic) bond motifs is 1. The summed E-state index contributed by atoms with van der Waals surface area (Å²) >= 11 is 0. The molecule has 22 heavy (non-hydrogen) atoms. The first kappa shape index (κ1) is 13.9. The lowest BCUT2D eigenvalue weighted by molar-refractivity contribution is 0.259. The molecule has 2 aromatic carbocycles. The number of amides is 2. The van der Waals surface area contributed by atoms with Crippen molar-refractivity contribution in [2.24, 2.45) is 10.8 Å². The molecule has 0 unspecified atom stereocenters. The number of nitrogens with two attached hydrogens (primary N) is 1. The molecule has 2 aromatic rings. The highest BCUT2D eigenvalue weighted by molar-refractivity contribution is 6.13. The smallest absolute Gasteiger partial charge is 0.316 e. The molecule has 0 radical (unpaired) electrons. The lowest BCUT2D eigenvalue weighted by Gasteiger charge is -2.09. The molecule has 0 aliphatic carbocycles. The molecule has 0 saturated carbocycles. The van der Waals surface area contributed by atoms with Crippen LogP contribution in [0.25, 0.3) is 6.08 Å². The Morgan fingerprint density at radius 2 is 2.00 bits per heavy atom. The van der Waals surface area contributed by atoms with Gasteiger partial charge in [-0.25, -0.2) is 4.79 Å². The molecule has 5 nitrogen and oxygen atoms in total. The second-order valence-corrected chi connectivity index (χ2v) is 5.05. The van der Waals surface area contributed by atoms with Gasteiger partial charge in [0.05, 0.1) is 11.4 Å². The Balaban J connectivity index is 1.92. The van der Waals surface area contributed by atoms with E-state index in [1.54, 1.807) is 0 Å². The average Bonchev–Trinajstić information content (AvgIpc) is 2.69. The van der Waals surface area contributed by atoms with Crippen LogP contribution >= 0.6 is 0 Å². The Morgan fingerprint density at radius 1 is 1.18 bits per heavy atom. The molecule has 1 aliphatic rings. The number of hydrogen-bond donors (Lipinski definition) is 3. The first-order chi connectivity index (χ1) is 10.6. The standard InChI is InChI=1S/C17H16N4O/c1-11-10-13(19-17(18)22)7-8-14(11)16-9-6-12-4-2-3-5-15(12)20-21-16/h2-10,20H,1H3,(H3,18,19,22). The number of aryl methyl sites for hydroxylation is 1. The van der Waals surface area contributed by atoms with Crippen LogP contribution in [0, 0.1) is 6.92 Å². The molecule has 2 amide bonds. The van der Waals surface area contributed by atoms with Crippen molar-refractivity contribution in [2.75, 3.05) is 10.7 Å². The lowest BCUT2D eigenvalue weighted by Crippen LogP contribution is -2.19. The second-order valence-electron chi connectivity index (χ2n) is 5.05. The van der Waals surface area contributed by atoms with Crippen LogP contribution in [0.1, 0.15) is 16.7 Å². The average molecular weight is 292 g/mol. The van der Waals surface area contributed by atoms with Crippen molar-refractivity contribution in [1.29, 1.82) is 0 Å². The number of urea groups is 1. The Hall–Kier alpha value is -3.08. The minimum atomic E-state index is -0.573. The van der Waals surface area contributed by atoms with Crippen molar-refractivity contribution in [1.82, 2.24) is 0 Å². The maximum absolute atomic E-state index is 10.9. The van der Waals surface area contributed by atoms with E-state index in [0.717, 1.165) is 28.1 Å². The Bertz CT molecular complexity index is 793. The van der Waals surface area contributed by atoms with Gasteiger partial charge in [0.15, 0.2) is 0 Å². The number of allylic oxidation sites excluding steroid dienone is 1. The fourth-order valence-electron chi connectivity index (χ4n) is 2.39. The monoisotopic (exact) mass is 292 g/mol. The zero-order valence-electron chi connectivity index (χ0n) is 12.1. The van der Waals surface area contributed by atoms with E-state index in [-0.39, 0.29) is 0 Å². The number of benzene rings is 2. The summed E-state index contributed by atoms with van der Waals surface area (Å²) in [6, 6.07) is 13.0. The summed E-state index contributed by atoms with van der Waals surface area (Å²) in [5.74, 6) is 0. The van der Waals surface area contributed by atoms with Gasteiger partial charge < -0.3 is 11.1 Å². The molecule has 0 atom stereocenters. The highest BCUT2D eigenvalue weighted by Gasteiger charge is 2.09. The van der Waals surface area contributed by atoms with Gasteiger partial charge in [0.1, 0.15) is 0 Å². The number of hydrazone groups is 1. The van der Waals surface area contributed by atoms with Gasteiger partial charge in [-0.15, -0.1) is 0 Å². The van der Waals surface area contributed by atoms with E-state index in [1.165, 1.54) is 0 Å². The van der Waals surface area contributed by atoms with Crippen molar-refractivity contribution >= 4 is 29.2 Å². The summed E-state index contributed by atoms with van der Waals surface area (Å²) in [6.45, 7) is 1.97. The second kappa shape index (κ2) is 5.73. The summed E-state index contributed by atoms with van der Waals surface area (Å²) in [6.07, 6.45) is 4.01. The van der Waals surface area contributed by atoms with E-state index in [2.05, 4.69) is 15.8 Å². The zero-order valence-corrected chi connectivity index (χ0v) is 12.1. The Morgan fingerprint density at radius 3 is 2.77 bits per heavy atom. The van der Waals surface area contributed by atoms with E-state index in [9.17, 15) is 4.79 Å². The molecule has 3 rings (SSSR count). The summed E-state index contributed by atoms with van der Waals surface area (Å²) in [5, 5.41) is 7.02. The van der Waals surface area contributed by atoms with Crippen molar-refractivity contribution in [3.63, 3.8) is 0 Å². The summed E-state index contributed by atoms with van der Waals surface area (Å²) in [7, 11) is 0. The van der Waals surface area contributed by atoms with Crippen LogP contribution in [-0.4, -0.2) is 11.7 Å². The maximum atomic E-state index is 10.9. The van der Waals surface area contributed by atoms with Gasteiger partial charge in [0, 0.05) is 11.3 Å². The zero-order chi connectivity index (χ0) is 15.5. The van der Waals surface area contributed by atoms with Crippen LogP contribution in [0.15, 0.2) is 53.6 Å². The first-order valence-corrected chi connectivity index (χ1v) is 6.92. The molecule has 1 heterocycles.